The molecule has 0 aromatic rings. The van der Waals surface area contributed by atoms with Crippen molar-refractivity contribution in [3.8, 4) is 0 Å². The van der Waals surface area contributed by atoms with Gasteiger partial charge in [-0.1, -0.05) is 26.2 Å². The zero-order valence-electron chi connectivity index (χ0n) is 7.90. The van der Waals surface area contributed by atoms with Gasteiger partial charge in [0.25, 0.3) is 0 Å². The second-order valence-corrected chi connectivity index (χ2v) is 4.76. The Labute approximate surface area is 74.4 Å². The van der Waals surface area contributed by atoms with Crippen LogP contribution in [-0.2, 0) is 0 Å². The Bertz CT molecular complexity index is 169. The maximum absolute atomic E-state index is 10.2. The smallest absolute Gasteiger partial charge is 0.0948 e. The molecule has 0 atom stereocenters. The Morgan fingerprint density at radius 2 is 1.67 bits per heavy atom. The van der Waals surface area contributed by atoms with E-state index in [1.807, 2.05) is 0 Å². The van der Waals surface area contributed by atoms with Crippen LogP contribution < -0.4 is 5.32 Å². The fourth-order valence-electron chi connectivity index (χ4n) is 2.59. The van der Waals surface area contributed by atoms with Crippen LogP contribution in [0.2, 0.25) is 0 Å². The van der Waals surface area contributed by atoms with Crippen molar-refractivity contribution in [3.63, 3.8) is 0 Å². The van der Waals surface area contributed by atoms with E-state index in [0.29, 0.717) is 0 Å². The lowest BCUT2D eigenvalue weighted by molar-refractivity contribution is -0.127. The van der Waals surface area contributed by atoms with E-state index in [2.05, 4.69) is 12.2 Å². The minimum Gasteiger partial charge on any atom is -0.387 e. The Morgan fingerprint density at radius 1 is 1.08 bits per heavy atom. The van der Waals surface area contributed by atoms with E-state index in [9.17, 15) is 5.11 Å². The van der Waals surface area contributed by atoms with E-state index < -0.39 is 0 Å². The van der Waals surface area contributed by atoms with Gasteiger partial charge in [-0.2, -0.15) is 0 Å². The molecule has 70 valence electrons. The summed E-state index contributed by atoms with van der Waals surface area (Å²) < 4.78 is 0. The topological polar surface area (TPSA) is 32.3 Å². The fourth-order valence-corrected chi connectivity index (χ4v) is 2.59. The maximum atomic E-state index is 10.2. The van der Waals surface area contributed by atoms with Crippen molar-refractivity contribution in [2.45, 2.75) is 44.6 Å². The second-order valence-electron chi connectivity index (χ2n) is 4.76. The Hall–Kier alpha value is -0.0800. The summed E-state index contributed by atoms with van der Waals surface area (Å²) in [6, 6.07) is 0. The van der Waals surface area contributed by atoms with E-state index in [1.54, 1.807) is 0 Å². The third-order valence-corrected chi connectivity index (χ3v) is 3.92. The molecule has 12 heavy (non-hydrogen) atoms. The average Bonchev–Trinajstić information content (AvgIpc) is 2.01. The number of nitrogens with one attached hydrogen (secondary N) is 1. The highest BCUT2D eigenvalue weighted by atomic mass is 16.3. The molecule has 2 nitrogen and oxygen atoms in total. The Kier molecular flexibility index (Phi) is 1.92. The fraction of sp³-hybridized carbons (Fsp3) is 1.00. The molecule has 2 aliphatic rings. The lowest BCUT2D eigenvalue weighted by Crippen LogP contribution is -2.68. The molecule has 1 aliphatic heterocycles. The first-order valence-electron chi connectivity index (χ1n) is 5.09. The van der Waals surface area contributed by atoms with Gasteiger partial charge in [0.15, 0.2) is 0 Å². The van der Waals surface area contributed by atoms with Gasteiger partial charge < -0.3 is 10.4 Å². The lowest BCUT2D eigenvalue weighted by atomic mass is 9.62. The summed E-state index contributed by atoms with van der Waals surface area (Å²) in [4.78, 5) is 0. The third-order valence-electron chi connectivity index (χ3n) is 3.92. The standard InChI is InChI=1S/C10H19NO/c1-9(5-3-2-4-6-9)10(12)7-11-8-10/h11-12H,2-8H2,1H3. The van der Waals surface area contributed by atoms with Gasteiger partial charge >= 0.3 is 0 Å². The van der Waals surface area contributed by atoms with Gasteiger partial charge in [-0.25, -0.2) is 0 Å². The van der Waals surface area contributed by atoms with Gasteiger partial charge in [-0.3, -0.25) is 0 Å². The number of aliphatic hydroxyl groups is 1. The molecule has 0 aromatic heterocycles. The highest BCUT2D eigenvalue weighted by Crippen LogP contribution is 2.46. The minimum atomic E-state index is -0.382. The summed E-state index contributed by atoms with van der Waals surface area (Å²) in [6.45, 7) is 3.88. The molecule has 1 heterocycles. The van der Waals surface area contributed by atoms with E-state index >= 15 is 0 Å². The molecule has 0 aromatic carbocycles. The highest BCUT2D eigenvalue weighted by molar-refractivity contribution is 5.05. The molecular formula is C10H19NO. The summed E-state index contributed by atoms with van der Waals surface area (Å²) in [6.07, 6.45) is 6.40. The van der Waals surface area contributed by atoms with Crippen molar-refractivity contribution < 1.29 is 5.11 Å². The van der Waals surface area contributed by atoms with Crippen LogP contribution in [0.25, 0.3) is 0 Å². The first kappa shape index (κ1) is 8.52. The van der Waals surface area contributed by atoms with Crippen LogP contribution in [0.3, 0.4) is 0 Å². The van der Waals surface area contributed by atoms with Crippen LogP contribution in [0, 0.1) is 5.41 Å². The van der Waals surface area contributed by atoms with Crippen molar-refractivity contribution in [2.24, 2.45) is 5.41 Å². The zero-order valence-corrected chi connectivity index (χ0v) is 7.90. The SMILES string of the molecule is CC1(C2(O)CNC2)CCCCC1. The molecule has 2 rings (SSSR count). The van der Waals surface area contributed by atoms with E-state index in [-0.39, 0.29) is 11.0 Å². The van der Waals surface area contributed by atoms with Crippen LogP contribution in [-0.4, -0.2) is 23.8 Å². The molecule has 1 saturated carbocycles. The zero-order chi connectivity index (χ0) is 8.66. The van der Waals surface area contributed by atoms with E-state index in [4.69, 9.17) is 0 Å². The van der Waals surface area contributed by atoms with Crippen molar-refractivity contribution in [1.82, 2.24) is 5.32 Å². The number of hydrogen-bond acceptors (Lipinski definition) is 2. The largest absolute Gasteiger partial charge is 0.387 e. The van der Waals surface area contributed by atoms with Crippen LogP contribution in [0.15, 0.2) is 0 Å². The maximum Gasteiger partial charge on any atom is 0.0948 e. The normalized spacial score (nSPS) is 32.5. The summed E-state index contributed by atoms with van der Waals surface area (Å²) >= 11 is 0. The minimum absolute atomic E-state index is 0.205. The summed E-state index contributed by atoms with van der Waals surface area (Å²) in [5, 5.41) is 13.4. The monoisotopic (exact) mass is 169 g/mol. The molecule has 0 radical (unpaired) electrons. The molecule has 0 unspecified atom stereocenters. The Balaban J connectivity index is 2.07. The van der Waals surface area contributed by atoms with Gasteiger partial charge in [-0.15, -0.1) is 0 Å². The summed E-state index contributed by atoms with van der Waals surface area (Å²) in [5.41, 5.74) is -0.177. The van der Waals surface area contributed by atoms with E-state index in [0.717, 1.165) is 13.1 Å². The van der Waals surface area contributed by atoms with Gasteiger partial charge in [0.2, 0.25) is 0 Å². The van der Waals surface area contributed by atoms with Crippen LogP contribution in [0.4, 0.5) is 0 Å². The van der Waals surface area contributed by atoms with Gasteiger partial charge in [0.1, 0.15) is 0 Å². The third kappa shape index (κ3) is 1.09. The van der Waals surface area contributed by atoms with E-state index in [1.165, 1.54) is 32.1 Å². The molecular weight excluding hydrogens is 150 g/mol. The number of β-amino-alcohol motifs (C(OH)–C–C–N with tert-alkyl or cyclic N) is 1. The molecule has 0 amide bonds. The summed E-state index contributed by atoms with van der Waals surface area (Å²) in [7, 11) is 0. The van der Waals surface area contributed by atoms with Crippen molar-refractivity contribution in [2.75, 3.05) is 13.1 Å². The van der Waals surface area contributed by atoms with Crippen LogP contribution >= 0.6 is 0 Å². The molecule has 1 aliphatic carbocycles. The molecule has 2 heteroatoms. The van der Waals surface area contributed by atoms with Crippen molar-refractivity contribution >= 4 is 0 Å². The number of rotatable bonds is 1. The quantitative estimate of drug-likeness (QED) is 0.620. The van der Waals surface area contributed by atoms with Crippen LogP contribution in [0.5, 0.6) is 0 Å². The van der Waals surface area contributed by atoms with Gasteiger partial charge in [-0.05, 0) is 18.3 Å². The predicted octanol–water partition coefficient (Wildman–Crippen LogP) is 1.29. The molecule has 1 saturated heterocycles. The van der Waals surface area contributed by atoms with Gasteiger partial charge in [0, 0.05) is 13.1 Å². The summed E-state index contributed by atoms with van der Waals surface area (Å²) in [5.74, 6) is 0. The molecule has 0 bridgehead atoms. The first-order chi connectivity index (χ1) is 5.66. The first-order valence-corrected chi connectivity index (χ1v) is 5.09. The highest BCUT2D eigenvalue weighted by Gasteiger charge is 2.50. The van der Waals surface area contributed by atoms with Gasteiger partial charge in [0.05, 0.1) is 5.60 Å². The van der Waals surface area contributed by atoms with Crippen molar-refractivity contribution in [3.05, 3.63) is 0 Å². The Morgan fingerprint density at radius 3 is 2.08 bits per heavy atom. The second kappa shape index (κ2) is 2.71. The molecule has 2 fully saturated rings. The van der Waals surface area contributed by atoms with Crippen molar-refractivity contribution in [1.29, 1.82) is 0 Å². The molecule has 0 spiro atoms. The average molecular weight is 169 g/mol. The molecule has 2 N–H and O–H groups in total. The lowest BCUT2D eigenvalue weighted by Gasteiger charge is -2.53. The number of hydrogen-bond donors (Lipinski definition) is 2. The predicted molar refractivity (Wildman–Crippen MR) is 49.0 cm³/mol. The van der Waals surface area contributed by atoms with Crippen LogP contribution in [0.1, 0.15) is 39.0 Å².